The third kappa shape index (κ3) is 2.97. The van der Waals surface area contributed by atoms with Gasteiger partial charge in [-0.3, -0.25) is 10.1 Å². The molecule has 0 saturated heterocycles. The number of carboxylic acids is 1. The van der Waals surface area contributed by atoms with Crippen molar-refractivity contribution in [3.8, 4) is 0 Å². The standard InChI is InChI=1S/C14H11NO4S/c1-9-4-2-3-5-13(9)20-10-6-7-12(15(18)19)11(8-10)14(16)17/h2-8H,1H3,(H,16,17). The van der Waals surface area contributed by atoms with Gasteiger partial charge in [-0.1, -0.05) is 30.0 Å². The van der Waals surface area contributed by atoms with Crippen molar-refractivity contribution in [2.24, 2.45) is 0 Å². The molecule has 0 heterocycles. The Hall–Kier alpha value is -2.34. The summed E-state index contributed by atoms with van der Waals surface area (Å²) in [5.41, 5.74) is 0.368. The maximum absolute atomic E-state index is 11.1. The highest BCUT2D eigenvalue weighted by molar-refractivity contribution is 7.99. The fraction of sp³-hybridized carbons (Fsp3) is 0.0714. The summed E-state index contributed by atoms with van der Waals surface area (Å²) in [6.07, 6.45) is 0. The maximum atomic E-state index is 11.1. The Morgan fingerprint density at radius 3 is 2.55 bits per heavy atom. The van der Waals surface area contributed by atoms with E-state index in [0.717, 1.165) is 10.5 Å². The van der Waals surface area contributed by atoms with Gasteiger partial charge in [0.25, 0.3) is 5.69 Å². The minimum Gasteiger partial charge on any atom is -0.477 e. The highest BCUT2D eigenvalue weighted by Crippen LogP contribution is 2.32. The second-order valence-electron chi connectivity index (χ2n) is 4.11. The predicted octanol–water partition coefficient (Wildman–Crippen LogP) is 3.75. The minimum atomic E-state index is -1.30. The van der Waals surface area contributed by atoms with Crippen molar-refractivity contribution < 1.29 is 14.8 Å². The van der Waals surface area contributed by atoms with Crippen molar-refractivity contribution in [2.75, 3.05) is 0 Å². The summed E-state index contributed by atoms with van der Waals surface area (Å²) < 4.78 is 0. The van der Waals surface area contributed by atoms with Crippen LogP contribution >= 0.6 is 11.8 Å². The summed E-state index contributed by atoms with van der Waals surface area (Å²) in [6.45, 7) is 1.95. The van der Waals surface area contributed by atoms with Gasteiger partial charge in [0.15, 0.2) is 0 Å². The molecule has 102 valence electrons. The van der Waals surface area contributed by atoms with Gasteiger partial charge in [-0.05, 0) is 30.7 Å². The topological polar surface area (TPSA) is 80.4 Å². The van der Waals surface area contributed by atoms with E-state index >= 15 is 0 Å². The Bertz CT molecular complexity index is 685. The molecule has 0 aliphatic heterocycles. The first-order chi connectivity index (χ1) is 9.49. The Labute approximate surface area is 119 Å². The molecule has 5 nitrogen and oxygen atoms in total. The largest absolute Gasteiger partial charge is 0.477 e. The van der Waals surface area contributed by atoms with Crippen molar-refractivity contribution in [3.63, 3.8) is 0 Å². The van der Waals surface area contributed by atoms with E-state index in [1.165, 1.54) is 23.9 Å². The first-order valence-electron chi connectivity index (χ1n) is 5.74. The molecule has 0 bridgehead atoms. The van der Waals surface area contributed by atoms with Crippen molar-refractivity contribution in [3.05, 3.63) is 63.7 Å². The molecule has 0 spiro atoms. The van der Waals surface area contributed by atoms with Crippen molar-refractivity contribution in [1.82, 2.24) is 0 Å². The van der Waals surface area contributed by atoms with E-state index in [1.54, 1.807) is 6.07 Å². The maximum Gasteiger partial charge on any atom is 0.342 e. The van der Waals surface area contributed by atoms with Crippen LogP contribution in [-0.4, -0.2) is 16.0 Å². The van der Waals surface area contributed by atoms with Crippen LogP contribution in [0.25, 0.3) is 0 Å². The van der Waals surface area contributed by atoms with Gasteiger partial charge in [-0.25, -0.2) is 4.79 Å². The summed E-state index contributed by atoms with van der Waals surface area (Å²) in [5.74, 6) is -1.30. The molecule has 6 heteroatoms. The lowest BCUT2D eigenvalue weighted by Gasteiger charge is -2.06. The number of rotatable bonds is 4. The normalized spacial score (nSPS) is 10.2. The molecule has 0 atom stereocenters. The van der Waals surface area contributed by atoms with E-state index in [2.05, 4.69) is 0 Å². The monoisotopic (exact) mass is 289 g/mol. The quantitative estimate of drug-likeness (QED) is 0.684. The molecule has 2 aromatic rings. The van der Waals surface area contributed by atoms with Gasteiger partial charge in [0.05, 0.1) is 4.92 Å². The van der Waals surface area contributed by atoms with Crippen LogP contribution in [0.15, 0.2) is 52.3 Å². The lowest BCUT2D eigenvalue weighted by Crippen LogP contribution is -2.02. The number of benzene rings is 2. The van der Waals surface area contributed by atoms with Gasteiger partial charge in [0, 0.05) is 15.9 Å². The molecule has 0 aliphatic carbocycles. The summed E-state index contributed by atoms with van der Waals surface area (Å²) in [7, 11) is 0. The van der Waals surface area contributed by atoms with Crippen molar-refractivity contribution in [2.45, 2.75) is 16.7 Å². The van der Waals surface area contributed by atoms with Gasteiger partial charge in [-0.15, -0.1) is 0 Å². The van der Waals surface area contributed by atoms with Crippen LogP contribution in [0.3, 0.4) is 0 Å². The predicted molar refractivity (Wildman–Crippen MR) is 75.4 cm³/mol. The van der Waals surface area contributed by atoms with E-state index in [1.807, 2.05) is 31.2 Å². The number of nitro groups is 1. The average Bonchev–Trinajstić information content (AvgIpc) is 2.41. The van der Waals surface area contributed by atoms with Crippen LogP contribution in [0.2, 0.25) is 0 Å². The first kappa shape index (κ1) is 14.1. The Kier molecular flexibility index (Phi) is 4.05. The SMILES string of the molecule is Cc1ccccc1Sc1ccc([N+](=O)[O-])c(C(=O)O)c1. The summed E-state index contributed by atoms with van der Waals surface area (Å²) in [6, 6.07) is 11.8. The van der Waals surface area contributed by atoms with Gasteiger partial charge < -0.3 is 5.11 Å². The second kappa shape index (κ2) is 5.75. The third-order valence-corrected chi connectivity index (χ3v) is 3.88. The highest BCUT2D eigenvalue weighted by atomic mass is 32.2. The smallest absolute Gasteiger partial charge is 0.342 e. The van der Waals surface area contributed by atoms with Crippen LogP contribution < -0.4 is 0 Å². The summed E-state index contributed by atoms with van der Waals surface area (Å²) in [4.78, 5) is 22.8. The molecule has 20 heavy (non-hydrogen) atoms. The number of carbonyl (C=O) groups is 1. The minimum absolute atomic E-state index is 0.298. The molecular weight excluding hydrogens is 278 g/mol. The zero-order chi connectivity index (χ0) is 14.7. The van der Waals surface area contributed by atoms with Gasteiger partial charge in [0.1, 0.15) is 5.56 Å². The summed E-state index contributed by atoms with van der Waals surface area (Å²) in [5, 5.41) is 19.8. The molecule has 2 aromatic carbocycles. The Balaban J connectivity index is 2.40. The number of hydrogen-bond donors (Lipinski definition) is 1. The molecule has 1 N–H and O–H groups in total. The number of hydrogen-bond acceptors (Lipinski definition) is 4. The lowest BCUT2D eigenvalue weighted by molar-refractivity contribution is -0.385. The van der Waals surface area contributed by atoms with Crippen molar-refractivity contribution in [1.29, 1.82) is 0 Å². The molecule has 0 saturated carbocycles. The zero-order valence-electron chi connectivity index (χ0n) is 10.6. The molecule has 0 unspecified atom stereocenters. The second-order valence-corrected chi connectivity index (χ2v) is 5.22. The Morgan fingerprint density at radius 1 is 1.25 bits per heavy atom. The number of aromatic carboxylic acids is 1. The summed E-state index contributed by atoms with van der Waals surface area (Å²) >= 11 is 1.38. The molecular formula is C14H11NO4S. The third-order valence-electron chi connectivity index (χ3n) is 2.72. The van der Waals surface area contributed by atoms with Gasteiger partial charge in [-0.2, -0.15) is 0 Å². The lowest BCUT2D eigenvalue weighted by atomic mass is 10.2. The molecule has 0 fully saturated rings. The zero-order valence-corrected chi connectivity index (χ0v) is 11.4. The molecule has 0 amide bonds. The van der Waals surface area contributed by atoms with Crippen LogP contribution in [0.5, 0.6) is 0 Å². The highest BCUT2D eigenvalue weighted by Gasteiger charge is 2.20. The van der Waals surface area contributed by atoms with Crippen LogP contribution in [0.1, 0.15) is 15.9 Å². The van der Waals surface area contributed by atoms with Crippen LogP contribution in [-0.2, 0) is 0 Å². The van der Waals surface area contributed by atoms with E-state index in [0.29, 0.717) is 4.90 Å². The molecule has 0 aliphatic rings. The number of nitro benzene ring substituents is 1. The fourth-order valence-corrected chi connectivity index (χ4v) is 2.65. The van der Waals surface area contributed by atoms with E-state index < -0.39 is 16.6 Å². The number of carboxylic acid groups (broad SMARTS) is 1. The van der Waals surface area contributed by atoms with E-state index in [9.17, 15) is 14.9 Å². The van der Waals surface area contributed by atoms with Crippen molar-refractivity contribution >= 4 is 23.4 Å². The molecule has 2 rings (SSSR count). The number of nitrogens with zero attached hydrogens (tertiary/aromatic N) is 1. The number of aryl methyl sites for hydroxylation is 1. The van der Waals surface area contributed by atoms with Crippen LogP contribution in [0.4, 0.5) is 5.69 Å². The average molecular weight is 289 g/mol. The van der Waals surface area contributed by atoms with E-state index in [-0.39, 0.29) is 5.56 Å². The molecule has 0 radical (unpaired) electrons. The van der Waals surface area contributed by atoms with Gasteiger partial charge >= 0.3 is 5.97 Å². The van der Waals surface area contributed by atoms with Gasteiger partial charge in [0.2, 0.25) is 0 Å². The fourth-order valence-electron chi connectivity index (χ4n) is 1.71. The Morgan fingerprint density at radius 2 is 1.95 bits per heavy atom. The first-order valence-corrected chi connectivity index (χ1v) is 6.56. The van der Waals surface area contributed by atoms with Crippen LogP contribution in [0, 0.1) is 17.0 Å². The molecule has 0 aromatic heterocycles. The van der Waals surface area contributed by atoms with E-state index in [4.69, 9.17) is 5.11 Å².